The van der Waals surface area contributed by atoms with Gasteiger partial charge in [-0.15, -0.1) is 61.2 Å². The van der Waals surface area contributed by atoms with Crippen LogP contribution in [0.3, 0.4) is 0 Å². The van der Waals surface area contributed by atoms with E-state index in [4.69, 9.17) is 24.7 Å². The third-order valence-electron chi connectivity index (χ3n) is 10.5. The van der Waals surface area contributed by atoms with E-state index in [1.165, 1.54) is 12.8 Å². The van der Waals surface area contributed by atoms with Crippen LogP contribution in [0.5, 0.6) is 0 Å². The van der Waals surface area contributed by atoms with Gasteiger partial charge in [0.05, 0.1) is 50.7 Å². The van der Waals surface area contributed by atoms with Crippen LogP contribution in [0.2, 0.25) is 0 Å². The number of ether oxygens (including phenoxy) is 1. The van der Waals surface area contributed by atoms with E-state index in [2.05, 4.69) is 71.2 Å². The number of nitrogens with zero attached hydrogens (tertiary/aromatic N) is 18. The molecule has 1 aliphatic rings. The molecule has 13 rings (SSSR count). The first-order chi connectivity index (χ1) is 33.7. The van der Waals surface area contributed by atoms with Gasteiger partial charge in [0.15, 0.2) is 34.9 Å². The Morgan fingerprint density at radius 3 is 0.765 bits per heavy atom. The van der Waals surface area contributed by atoms with Gasteiger partial charge in [-0.3, -0.25) is 0 Å². The highest BCUT2D eigenvalue weighted by atomic mass is 16.5. The van der Waals surface area contributed by atoms with Crippen LogP contribution in [0.4, 0.5) is 0 Å². The van der Waals surface area contributed by atoms with Gasteiger partial charge in [0.2, 0.25) is 0 Å². The molecule has 7 heterocycles. The molecule has 0 unspecified atom stereocenters. The van der Waals surface area contributed by atoms with Crippen molar-refractivity contribution in [3.8, 4) is 0 Å². The second-order valence-corrected chi connectivity index (χ2v) is 15.2. The maximum Gasteiger partial charge on any atom is 0.187 e. The Balaban J connectivity index is 0.000000161. The maximum atomic E-state index is 4.94. The quantitative estimate of drug-likeness (QED) is 0.167. The van der Waals surface area contributed by atoms with E-state index in [9.17, 15) is 0 Å². The molecule has 6 aromatic carbocycles. The average molecular weight is 891 g/mol. The highest BCUT2D eigenvalue weighted by Crippen LogP contribution is 2.32. The minimum absolute atomic E-state index is 0.217. The zero-order chi connectivity index (χ0) is 45.5. The predicted molar refractivity (Wildman–Crippen MR) is 252 cm³/mol. The van der Waals surface area contributed by atoms with Gasteiger partial charge in [-0.25, -0.2) is 29.9 Å². The Kier molecular flexibility index (Phi) is 11.6. The number of hydrogen-bond donors (Lipinski definition) is 0. The molecule has 0 spiro atoms. The molecule has 6 aromatic heterocycles. The molecule has 0 N–H and O–H groups in total. The highest BCUT2D eigenvalue weighted by molar-refractivity contribution is 6.00. The van der Waals surface area contributed by atoms with Gasteiger partial charge in [-0.05, 0) is 85.6 Å². The smallest absolute Gasteiger partial charge is 0.187 e. The van der Waals surface area contributed by atoms with E-state index >= 15 is 0 Å². The van der Waals surface area contributed by atoms with Crippen LogP contribution in [0.1, 0.15) is 47.8 Å². The van der Waals surface area contributed by atoms with Crippen molar-refractivity contribution < 1.29 is 4.74 Å². The molecule has 0 saturated carbocycles. The minimum atomic E-state index is 0.217. The van der Waals surface area contributed by atoms with Gasteiger partial charge >= 0.3 is 0 Å². The number of benzene rings is 6. The monoisotopic (exact) mass is 890 g/mol. The summed E-state index contributed by atoms with van der Waals surface area (Å²) in [6.07, 6.45) is 2.97. The lowest BCUT2D eigenvalue weighted by Crippen LogP contribution is -2.11. The van der Waals surface area contributed by atoms with E-state index in [1.807, 2.05) is 146 Å². The van der Waals surface area contributed by atoms with Crippen LogP contribution in [-0.2, 0) is 11.2 Å². The molecule has 1 fully saturated rings. The summed E-state index contributed by atoms with van der Waals surface area (Å²) in [4.78, 5) is 28.3. The van der Waals surface area contributed by atoms with Gasteiger partial charge < -0.3 is 4.74 Å². The van der Waals surface area contributed by atoms with E-state index in [-0.39, 0.29) is 23.3 Å². The molecular formula is C49H34N18O. The standard InChI is InChI=1S/C30H16N12.C15H10N6.C4H8O/c1-5-13-21-17(9-1)31-27(39-35-21)25(28-32-18-10-2-6-14-22(18)36-40-28)26(29-33-19-11-3-7-15-23(19)37-41-29)30-34-20-12-4-8-16-24(20)38-42-30;1-3-7-12-10(5-1)16-14(20-18-12)9-15-17-11-6-2-4-8-13(11)19-21-15;1-2-4-5-3-1/h1-16H;1-8H,9H2;1-4H2. The Morgan fingerprint density at radius 1 is 0.279 bits per heavy atom. The first kappa shape index (κ1) is 41.4. The van der Waals surface area contributed by atoms with Crippen molar-refractivity contribution in [2.75, 3.05) is 13.2 Å². The number of para-hydroxylation sites is 6. The number of hydrogen-bond acceptors (Lipinski definition) is 19. The second kappa shape index (κ2) is 19.0. The van der Waals surface area contributed by atoms with Gasteiger partial charge in [0.25, 0.3) is 0 Å². The lowest BCUT2D eigenvalue weighted by molar-refractivity contribution is 0.198. The van der Waals surface area contributed by atoms with Crippen LogP contribution in [0.15, 0.2) is 146 Å². The van der Waals surface area contributed by atoms with Gasteiger partial charge in [0, 0.05) is 13.2 Å². The lowest BCUT2D eigenvalue weighted by Gasteiger charge is -2.12. The van der Waals surface area contributed by atoms with Crippen molar-refractivity contribution in [3.05, 3.63) is 181 Å². The van der Waals surface area contributed by atoms with Crippen LogP contribution in [-0.4, -0.2) is 104 Å². The second-order valence-electron chi connectivity index (χ2n) is 15.2. The Hall–Kier alpha value is -9.36. The van der Waals surface area contributed by atoms with Crippen molar-refractivity contribution in [1.29, 1.82) is 0 Å². The third-order valence-corrected chi connectivity index (χ3v) is 10.5. The van der Waals surface area contributed by atoms with Crippen molar-refractivity contribution in [2.45, 2.75) is 19.3 Å². The molecule has 0 radical (unpaired) electrons. The molecule has 0 amide bonds. The minimum Gasteiger partial charge on any atom is -0.381 e. The molecule has 68 heavy (non-hydrogen) atoms. The van der Waals surface area contributed by atoms with E-state index in [0.29, 0.717) is 73.3 Å². The topological polar surface area (TPSA) is 241 Å². The number of rotatable bonds is 6. The van der Waals surface area contributed by atoms with Crippen molar-refractivity contribution in [3.63, 3.8) is 0 Å². The summed E-state index contributed by atoms with van der Waals surface area (Å²) in [5.74, 6) is 2.05. The van der Waals surface area contributed by atoms with Gasteiger partial charge in [-0.2, -0.15) is 0 Å². The van der Waals surface area contributed by atoms with E-state index < -0.39 is 0 Å². The zero-order valence-electron chi connectivity index (χ0n) is 35.9. The molecule has 19 nitrogen and oxygen atoms in total. The highest BCUT2D eigenvalue weighted by Gasteiger charge is 2.27. The molecule has 1 aliphatic heterocycles. The molecule has 0 atom stereocenters. The fourth-order valence-corrected chi connectivity index (χ4v) is 7.23. The van der Waals surface area contributed by atoms with Crippen LogP contribution < -0.4 is 0 Å². The Bertz CT molecular complexity index is 3400. The summed E-state index contributed by atoms with van der Waals surface area (Å²) < 4.78 is 4.94. The Morgan fingerprint density at radius 2 is 0.515 bits per heavy atom. The summed E-state index contributed by atoms with van der Waals surface area (Å²) in [6, 6.07) is 45.0. The molecule has 0 aliphatic carbocycles. The van der Waals surface area contributed by atoms with Crippen molar-refractivity contribution >= 4 is 77.3 Å². The summed E-state index contributed by atoms with van der Waals surface area (Å²) in [7, 11) is 0. The predicted octanol–water partition coefficient (Wildman–Crippen LogP) is 6.80. The normalized spacial score (nSPS) is 12.2. The van der Waals surface area contributed by atoms with Crippen LogP contribution >= 0.6 is 0 Å². The fraction of sp³-hybridized carbons (Fsp3) is 0.102. The van der Waals surface area contributed by atoms with Crippen LogP contribution in [0.25, 0.3) is 77.3 Å². The summed E-state index contributed by atoms with van der Waals surface area (Å²) in [6.45, 7) is 2.00. The third kappa shape index (κ3) is 8.99. The van der Waals surface area contributed by atoms with E-state index in [0.717, 1.165) is 35.3 Å². The van der Waals surface area contributed by atoms with Crippen molar-refractivity contribution in [2.24, 2.45) is 0 Å². The largest absolute Gasteiger partial charge is 0.381 e. The Labute approximate surface area is 385 Å². The lowest BCUT2D eigenvalue weighted by atomic mass is 10.0. The SMILES string of the molecule is C1CCOC1.c1ccc2nc(C(=C(c3nnc4ccccc4n3)c3nnc4ccccc4n3)c3nnc4ccccc4n3)nnc2c1.c1ccc2nc(Cc3nnc4ccccc4n3)nnc2c1. The number of aromatic nitrogens is 18. The number of fused-ring (bicyclic) bond motifs is 6. The molecule has 19 heteroatoms. The molecule has 1 saturated heterocycles. The molecule has 12 aromatic rings. The van der Waals surface area contributed by atoms with Gasteiger partial charge in [-0.1, -0.05) is 72.8 Å². The van der Waals surface area contributed by atoms with E-state index in [1.54, 1.807) is 0 Å². The van der Waals surface area contributed by atoms with Crippen LogP contribution in [0, 0.1) is 0 Å². The first-order valence-corrected chi connectivity index (χ1v) is 21.6. The van der Waals surface area contributed by atoms with Gasteiger partial charge in [0.1, 0.15) is 33.1 Å². The molecule has 326 valence electrons. The molecular weight excluding hydrogens is 857 g/mol. The zero-order valence-corrected chi connectivity index (χ0v) is 35.9. The fourth-order valence-electron chi connectivity index (χ4n) is 7.23. The summed E-state index contributed by atoms with van der Waals surface area (Å²) in [5.41, 5.74) is 8.89. The molecule has 0 bridgehead atoms. The van der Waals surface area contributed by atoms with Crippen molar-refractivity contribution in [1.82, 2.24) is 91.1 Å². The summed E-state index contributed by atoms with van der Waals surface area (Å²) >= 11 is 0. The first-order valence-electron chi connectivity index (χ1n) is 21.6. The average Bonchev–Trinajstić information content (AvgIpc) is 4.01. The summed E-state index contributed by atoms with van der Waals surface area (Å²) in [5, 5.41) is 52.2. The maximum absolute atomic E-state index is 4.94.